The van der Waals surface area contributed by atoms with Crippen LogP contribution in [0.5, 0.6) is 5.75 Å². The number of fused-ring (bicyclic) bond motifs is 1. The van der Waals surface area contributed by atoms with Crippen LogP contribution < -0.4 is 15.8 Å². The molecule has 158 valence electrons. The van der Waals surface area contributed by atoms with E-state index in [2.05, 4.69) is 31.3 Å². The normalized spacial score (nSPS) is 12.0. The van der Waals surface area contributed by atoms with Gasteiger partial charge in [0.1, 0.15) is 15.5 Å². The Balaban J connectivity index is 1.58. The van der Waals surface area contributed by atoms with Gasteiger partial charge in [-0.1, -0.05) is 26.0 Å². The predicted molar refractivity (Wildman–Crippen MR) is 129 cm³/mol. The number of carbonyl (C=O) groups is 1. The third-order valence-electron chi connectivity index (χ3n) is 5.54. The van der Waals surface area contributed by atoms with E-state index in [4.69, 9.17) is 15.5 Å². The molecule has 0 aliphatic carbocycles. The Morgan fingerprint density at radius 2 is 1.81 bits per heavy atom. The van der Waals surface area contributed by atoms with Gasteiger partial charge >= 0.3 is 0 Å². The van der Waals surface area contributed by atoms with Gasteiger partial charge in [-0.25, -0.2) is 4.98 Å². The average Bonchev–Trinajstić information content (AvgIpc) is 3.15. The van der Waals surface area contributed by atoms with Gasteiger partial charge in [0.05, 0.1) is 18.5 Å². The topological polar surface area (TPSA) is 77.2 Å². The SMILES string of the molecule is CC[C@@H](C)c1ccc(NC(=O)c2sc3nc(-c4ccc(OC)cc4)ccc3c2N)cc1. The second-order valence-electron chi connectivity index (χ2n) is 7.51. The largest absolute Gasteiger partial charge is 0.497 e. The lowest BCUT2D eigenvalue weighted by atomic mass is 9.99. The molecule has 3 N–H and O–H groups in total. The highest BCUT2D eigenvalue weighted by molar-refractivity contribution is 7.21. The molecule has 0 radical (unpaired) electrons. The van der Waals surface area contributed by atoms with Crippen LogP contribution in [-0.4, -0.2) is 18.0 Å². The van der Waals surface area contributed by atoms with E-state index in [-0.39, 0.29) is 5.91 Å². The minimum Gasteiger partial charge on any atom is -0.497 e. The van der Waals surface area contributed by atoms with E-state index in [0.29, 0.717) is 16.5 Å². The van der Waals surface area contributed by atoms with E-state index in [0.717, 1.165) is 39.3 Å². The fourth-order valence-electron chi connectivity index (χ4n) is 3.41. The highest BCUT2D eigenvalue weighted by Crippen LogP contribution is 2.35. The molecule has 0 bridgehead atoms. The zero-order valence-corrected chi connectivity index (χ0v) is 18.6. The first-order valence-electron chi connectivity index (χ1n) is 10.2. The van der Waals surface area contributed by atoms with E-state index >= 15 is 0 Å². The molecule has 0 saturated carbocycles. The van der Waals surface area contributed by atoms with E-state index in [1.54, 1.807) is 7.11 Å². The summed E-state index contributed by atoms with van der Waals surface area (Å²) >= 11 is 1.31. The summed E-state index contributed by atoms with van der Waals surface area (Å²) in [4.78, 5) is 18.8. The van der Waals surface area contributed by atoms with E-state index in [9.17, 15) is 4.79 Å². The van der Waals surface area contributed by atoms with Gasteiger partial charge in [0, 0.05) is 16.6 Å². The number of carbonyl (C=O) groups excluding carboxylic acids is 1. The van der Waals surface area contributed by atoms with Crippen LogP contribution in [0.4, 0.5) is 11.4 Å². The summed E-state index contributed by atoms with van der Waals surface area (Å²) in [5.41, 5.74) is 10.6. The lowest BCUT2D eigenvalue weighted by molar-refractivity contribution is 0.103. The first-order valence-corrected chi connectivity index (χ1v) is 11.1. The lowest BCUT2D eigenvalue weighted by Gasteiger charge is -2.10. The van der Waals surface area contributed by atoms with Crippen molar-refractivity contribution in [2.24, 2.45) is 0 Å². The Hall–Kier alpha value is -3.38. The van der Waals surface area contributed by atoms with Crippen LogP contribution in [0.2, 0.25) is 0 Å². The smallest absolute Gasteiger partial charge is 0.267 e. The molecular weight excluding hydrogens is 406 g/mol. The monoisotopic (exact) mass is 431 g/mol. The molecule has 0 aliphatic rings. The van der Waals surface area contributed by atoms with Gasteiger partial charge in [-0.2, -0.15) is 0 Å². The van der Waals surface area contributed by atoms with Crippen molar-refractivity contribution in [2.75, 3.05) is 18.2 Å². The maximum atomic E-state index is 12.9. The van der Waals surface area contributed by atoms with Crippen LogP contribution >= 0.6 is 11.3 Å². The molecule has 5 nitrogen and oxygen atoms in total. The van der Waals surface area contributed by atoms with Gasteiger partial charge in [-0.05, 0) is 66.4 Å². The van der Waals surface area contributed by atoms with Gasteiger partial charge in [0.25, 0.3) is 5.91 Å². The zero-order valence-electron chi connectivity index (χ0n) is 17.8. The number of hydrogen-bond donors (Lipinski definition) is 2. The van der Waals surface area contributed by atoms with Gasteiger partial charge in [-0.15, -0.1) is 11.3 Å². The molecule has 31 heavy (non-hydrogen) atoms. The maximum absolute atomic E-state index is 12.9. The Labute approximate surface area is 185 Å². The number of amides is 1. The number of nitrogens with zero attached hydrogens (tertiary/aromatic N) is 1. The third-order valence-corrected chi connectivity index (χ3v) is 6.65. The van der Waals surface area contributed by atoms with Crippen molar-refractivity contribution in [1.82, 2.24) is 4.98 Å². The highest BCUT2D eigenvalue weighted by Gasteiger charge is 2.18. The van der Waals surface area contributed by atoms with Crippen molar-refractivity contribution < 1.29 is 9.53 Å². The number of methoxy groups -OCH3 is 1. The minimum atomic E-state index is -0.220. The van der Waals surface area contributed by atoms with Crippen LogP contribution in [0, 0.1) is 0 Å². The van der Waals surface area contributed by atoms with E-state index in [1.165, 1.54) is 16.9 Å². The number of anilines is 2. The summed E-state index contributed by atoms with van der Waals surface area (Å²) in [6.07, 6.45) is 1.08. The Kier molecular flexibility index (Phi) is 5.91. The summed E-state index contributed by atoms with van der Waals surface area (Å²) in [6.45, 7) is 4.36. The third kappa shape index (κ3) is 4.25. The molecule has 4 aromatic rings. The molecular formula is C25H25N3O2S. The molecule has 0 aliphatic heterocycles. The maximum Gasteiger partial charge on any atom is 0.267 e. The Morgan fingerprint density at radius 1 is 1.10 bits per heavy atom. The summed E-state index contributed by atoms with van der Waals surface area (Å²) in [5.74, 6) is 1.07. The van der Waals surface area contributed by atoms with Gasteiger partial charge in [-0.3, -0.25) is 4.79 Å². The van der Waals surface area contributed by atoms with Crippen LogP contribution in [0.15, 0.2) is 60.7 Å². The van der Waals surface area contributed by atoms with Gasteiger partial charge in [0.15, 0.2) is 0 Å². The number of thiophene rings is 1. The van der Waals surface area contributed by atoms with Crippen molar-refractivity contribution in [1.29, 1.82) is 0 Å². The lowest BCUT2D eigenvalue weighted by Crippen LogP contribution is -2.12. The first kappa shape index (κ1) is 20.9. The van der Waals surface area contributed by atoms with E-state index < -0.39 is 0 Å². The summed E-state index contributed by atoms with van der Waals surface area (Å²) in [5, 5.41) is 3.74. The minimum absolute atomic E-state index is 0.220. The van der Waals surface area contributed by atoms with Crippen LogP contribution in [0.3, 0.4) is 0 Å². The summed E-state index contributed by atoms with van der Waals surface area (Å²) < 4.78 is 5.21. The average molecular weight is 432 g/mol. The number of hydrogen-bond acceptors (Lipinski definition) is 5. The Morgan fingerprint density at radius 3 is 2.45 bits per heavy atom. The number of aromatic nitrogens is 1. The standard InChI is InChI=1S/C25H25N3O2S/c1-4-15(2)16-5-9-18(10-6-16)27-24(29)23-22(26)20-13-14-21(28-25(20)31-23)17-7-11-19(30-3)12-8-17/h5-15H,4,26H2,1-3H3,(H,27,29)/t15-/m1/s1. The molecule has 0 spiro atoms. The van der Waals surface area contributed by atoms with Crippen LogP contribution in [-0.2, 0) is 0 Å². The number of nitrogens with one attached hydrogen (secondary N) is 1. The van der Waals surface area contributed by atoms with Crippen molar-refractivity contribution in [3.63, 3.8) is 0 Å². The van der Waals surface area contributed by atoms with Crippen LogP contribution in [0.25, 0.3) is 21.5 Å². The molecule has 0 saturated heterocycles. The molecule has 1 amide bonds. The van der Waals surface area contributed by atoms with Crippen molar-refractivity contribution in [2.45, 2.75) is 26.2 Å². The number of nitrogens with two attached hydrogens (primary N) is 1. The van der Waals surface area contributed by atoms with Crippen molar-refractivity contribution >= 4 is 38.8 Å². The number of rotatable bonds is 6. The van der Waals surface area contributed by atoms with Gasteiger partial charge in [0.2, 0.25) is 0 Å². The second-order valence-corrected chi connectivity index (χ2v) is 8.51. The summed E-state index contributed by atoms with van der Waals surface area (Å²) in [7, 11) is 1.64. The molecule has 1 atom stereocenters. The quantitative estimate of drug-likeness (QED) is 0.374. The molecule has 0 unspecified atom stereocenters. The highest BCUT2D eigenvalue weighted by atomic mass is 32.1. The molecule has 0 fully saturated rings. The van der Waals surface area contributed by atoms with E-state index in [1.807, 2.05) is 48.5 Å². The number of ether oxygens (including phenoxy) is 1. The van der Waals surface area contributed by atoms with Gasteiger partial charge < -0.3 is 15.8 Å². The van der Waals surface area contributed by atoms with Crippen molar-refractivity contribution in [3.05, 3.63) is 71.1 Å². The second kappa shape index (κ2) is 8.78. The molecule has 2 heterocycles. The number of pyridine rings is 1. The molecule has 4 rings (SSSR count). The van der Waals surface area contributed by atoms with Crippen LogP contribution in [0.1, 0.15) is 41.4 Å². The van der Waals surface area contributed by atoms with Crippen molar-refractivity contribution in [3.8, 4) is 17.0 Å². The molecule has 2 aromatic carbocycles. The fraction of sp³-hybridized carbons (Fsp3) is 0.200. The Bertz CT molecular complexity index is 1210. The first-order chi connectivity index (χ1) is 15.0. The predicted octanol–water partition coefficient (Wildman–Crippen LogP) is 6.32. The number of benzene rings is 2. The fourth-order valence-corrected chi connectivity index (χ4v) is 4.40. The zero-order chi connectivity index (χ0) is 22.0. The number of nitrogen functional groups attached to an aromatic ring is 1. The molecule has 6 heteroatoms. The summed E-state index contributed by atoms with van der Waals surface area (Å²) in [6, 6.07) is 19.5. The molecule has 2 aromatic heterocycles.